The molecule has 0 bridgehead atoms. The van der Waals surface area contributed by atoms with Crippen LogP contribution in [0.4, 0.5) is 0 Å². The van der Waals surface area contributed by atoms with Crippen molar-refractivity contribution in [2.75, 3.05) is 6.54 Å². The number of nitrogens with two attached hydrogens (primary N) is 1. The van der Waals surface area contributed by atoms with E-state index in [1.807, 2.05) is 36.4 Å². The molecular formula is C26H31BN4O5. The van der Waals surface area contributed by atoms with Crippen molar-refractivity contribution in [3.05, 3.63) is 94.3 Å². The van der Waals surface area contributed by atoms with Crippen LogP contribution >= 0.6 is 0 Å². The summed E-state index contributed by atoms with van der Waals surface area (Å²) in [5.41, 5.74) is 10.9. The first-order valence-electron chi connectivity index (χ1n) is 12.0. The Kier molecular flexibility index (Phi) is 8.34. The fourth-order valence-electron chi connectivity index (χ4n) is 4.36. The smallest absolute Gasteiger partial charge is 0.534 e. The Morgan fingerprint density at radius 2 is 1.94 bits per heavy atom. The molecule has 7 N–H and O–H groups in total. The van der Waals surface area contributed by atoms with Crippen molar-refractivity contribution < 1.29 is 24.7 Å². The molecular weight excluding hydrogens is 459 g/mol. The van der Waals surface area contributed by atoms with Gasteiger partial charge in [0.05, 0.1) is 24.1 Å². The summed E-state index contributed by atoms with van der Waals surface area (Å²) < 4.78 is 5.50. The minimum Gasteiger partial charge on any atom is -0.534 e. The van der Waals surface area contributed by atoms with E-state index >= 15 is 0 Å². The Morgan fingerprint density at radius 1 is 1.17 bits per heavy atom. The van der Waals surface area contributed by atoms with E-state index in [0.29, 0.717) is 23.2 Å². The number of carbonyl (C=O) groups is 1. The van der Waals surface area contributed by atoms with Gasteiger partial charge >= 0.3 is 7.12 Å². The van der Waals surface area contributed by atoms with Gasteiger partial charge in [-0.1, -0.05) is 55.5 Å². The van der Waals surface area contributed by atoms with E-state index < -0.39 is 19.3 Å². The van der Waals surface area contributed by atoms with Crippen LogP contribution in [0, 0.1) is 0 Å². The van der Waals surface area contributed by atoms with E-state index in [1.54, 1.807) is 18.3 Å². The Bertz CT molecular complexity index is 1190. The summed E-state index contributed by atoms with van der Waals surface area (Å²) in [4.78, 5) is 17.2. The largest absolute Gasteiger partial charge is 0.547 e. The highest BCUT2D eigenvalue weighted by Crippen LogP contribution is 2.33. The third-order valence-corrected chi connectivity index (χ3v) is 6.26. The number of fused-ring (bicyclic) bond motifs is 1. The molecule has 3 aromatic rings. The second kappa shape index (κ2) is 11.6. The molecule has 1 aromatic heterocycles. The second-order valence-corrected chi connectivity index (χ2v) is 8.82. The molecule has 1 aliphatic rings. The van der Waals surface area contributed by atoms with Gasteiger partial charge in [0.25, 0.3) is 0 Å². The van der Waals surface area contributed by atoms with Crippen LogP contribution in [0.15, 0.2) is 60.8 Å². The molecule has 188 valence electrons. The van der Waals surface area contributed by atoms with Crippen molar-refractivity contribution in [1.82, 2.24) is 15.6 Å². The monoisotopic (exact) mass is 490 g/mol. The van der Waals surface area contributed by atoms with E-state index in [1.165, 1.54) is 6.07 Å². The number of pyridine rings is 1. The predicted octanol–water partition coefficient (Wildman–Crippen LogP) is 0.904. The van der Waals surface area contributed by atoms with E-state index in [-0.39, 0.29) is 29.7 Å². The zero-order chi connectivity index (χ0) is 25.7. The second-order valence-electron chi connectivity index (χ2n) is 8.82. The third-order valence-electron chi connectivity index (χ3n) is 6.26. The highest BCUT2D eigenvalue weighted by atomic mass is 16.5. The lowest BCUT2D eigenvalue weighted by molar-refractivity contribution is -0.120. The molecule has 2 heterocycles. The van der Waals surface area contributed by atoms with Crippen LogP contribution in [-0.4, -0.2) is 45.7 Å². The number of benzene rings is 2. The molecule has 0 radical (unpaired) electrons. The van der Waals surface area contributed by atoms with Crippen LogP contribution < -0.4 is 21.0 Å². The average Bonchev–Trinajstić information content (AvgIpc) is 2.87. The van der Waals surface area contributed by atoms with Crippen molar-refractivity contribution in [2.24, 2.45) is 5.73 Å². The number of aliphatic hydroxyl groups is 2. The fraction of sp³-hybridized carbons (Fsp3) is 0.308. The minimum atomic E-state index is -1.72. The number of rotatable bonds is 9. The van der Waals surface area contributed by atoms with Crippen molar-refractivity contribution in [1.29, 1.82) is 0 Å². The number of hydrogen-bond donors (Lipinski definition) is 6. The van der Waals surface area contributed by atoms with Crippen molar-refractivity contribution >= 4 is 13.0 Å². The summed E-state index contributed by atoms with van der Waals surface area (Å²) in [6, 6.07) is 16.2. The molecule has 0 spiro atoms. The minimum absolute atomic E-state index is 0.0744. The zero-order valence-electron chi connectivity index (χ0n) is 20.1. The maximum Gasteiger partial charge on any atom is 0.547 e. The van der Waals surface area contributed by atoms with E-state index in [0.717, 1.165) is 24.2 Å². The van der Waals surface area contributed by atoms with Crippen molar-refractivity contribution in [3.8, 4) is 5.75 Å². The summed E-state index contributed by atoms with van der Waals surface area (Å²) in [5, 5.41) is 35.5. The van der Waals surface area contributed by atoms with Crippen molar-refractivity contribution in [3.63, 3.8) is 0 Å². The van der Waals surface area contributed by atoms with Gasteiger partial charge in [-0.25, -0.2) is 0 Å². The molecule has 10 heteroatoms. The fourth-order valence-corrected chi connectivity index (χ4v) is 4.36. The van der Waals surface area contributed by atoms with E-state index in [4.69, 9.17) is 10.4 Å². The molecule has 9 nitrogen and oxygen atoms in total. The first-order valence-corrected chi connectivity index (χ1v) is 12.0. The highest BCUT2D eigenvalue weighted by molar-refractivity contribution is 6.46. The lowest BCUT2D eigenvalue weighted by atomic mass is 9.72. The quantitative estimate of drug-likeness (QED) is 0.191. The molecule has 1 amide bonds. The summed E-state index contributed by atoms with van der Waals surface area (Å²) in [7, 11) is -1.32. The molecule has 0 fully saturated rings. The predicted molar refractivity (Wildman–Crippen MR) is 136 cm³/mol. The van der Waals surface area contributed by atoms with Crippen LogP contribution in [0.25, 0.3) is 0 Å². The summed E-state index contributed by atoms with van der Waals surface area (Å²) in [6.07, 6.45) is 0.287. The van der Waals surface area contributed by atoms with Gasteiger partial charge in [-0.15, -0.1) is 0 Å². The molecule has 0 aliphatic carbocycles. The summed E-state index contributed by atoms with van der Waals surface area (Å²) in [6.45, 7) is 3.64. The lowest BCUT2D eigenvalue weighted by Crippen LogP contribution is -2.53. The molecule has 36 heavy (non-hydrogen) atoms. The standard InChI is InChI=1S/C26H31BN4O5/c1-2-29-15-18-6-3-4-8-19(18)24(28)21-11-10-16(14-30-21)12-23(32)31-22-13-17-7-5-9-20(26(33)34)25(17)36-27(22)35/h3-11,14,22,24,26,29,33-35H,2,12-13,15,28H2,1H3,(H,31,32)/t22-,24?/m0/s1. The van der Waals surface area contributed by atoms with Crippen LogP contribution in [-0.2, 0) is 24.2 Å². The number of carbonyl (C=O) groups excluding carboxylic acids is 1. The van der Waals surface area contributed by atoms with Crippen LogP contribution in [0.1, 0.15) is 52.8 Å². The number of nitrogens with zero attached hydrogens (tertiary/aromatic N) is 1. The number of aliphatic hydroxyl groups excluding tert-OH is 1. The SMILES string of the molecule is CCNCc1ccccc1C(N)c1ccc(CC(=O)N[C@H]2Cc3cccc(C(O)O)c3OB2O)cn1. The Morgan fingerprint density at radius 3 is 2.67 bits per heavy atom. The average molecular weight is 490 g/mol. The Balaban J connectivity index is 1.38. The molecule has 0 saturated heterocycles. The van der Waals surface area contributed by atoms with Gasteiger partial charge in [-0.05, 0) is 41.3 Å². The highest BCUT2D eigenvalue weighted by Gasteiger charge is 2.37. The lowest BCUT2D eigenvalue weighted by Gasteiger charge is -2.29. The Labute approximate surface area is 210 Å². The molecule has 4 rings (SSSR count). The number of para-hydroxylation sites is 1. The van der Waals surface area contributed by atoms with Gasteiger partial charge in [0.15, 0.2) is 6.29 Å². The van der Waals surface area contributed by atoms with Crippen molar-refractivity contribution in [2.45, 2.75) is 44.6 Å². The van der Waals surface area contributed by atoms with Crippen LogP contribution in [0.5, 0.6) is 5.75 Å². The first-order chi connectivity index (χ1) is 17.4. The van der Waals surface area contributed by atoms with Gasteiger partial charge < -0.3 is 36.3 Å². The number of aromatic nitrogens is 1. The van der Waals surface area contributed by atoms with Gasteiger partial charge in [0.2, 0.25) is 5.91 Å². The van der Waals surface area contributed by atoms with Gasteiger partial charge in [-0.3, -0.25) is 9.78 Å². The zero-order valence-corrected chi connectivity index (χ0v) is 20.1. The molecule has 0 saturated carbocycles. The maximum absolute atomic E-state index is 12.7. The molecule has 2 aromatic carbocycles. The van der Waals surface area contributed by atoms with E-state index in [2.05, 4.69) is 22.5 Å². The van der Waals surface area contributed by atoms with Gasteiger partial charge in [0, 0.05) is 18.3 Å². The number of amides is 1. The summed E-state index contributed by atoms with van der Waals surface area (Å²) >= 11 is 0. The molecule has 2 atom stereocenters. The van der Waals surface area contributed by atoms with Crippen LogP contribution in [0.2, 0.25) is 0 Å². The Hall–Kier alpha value is -3.28. The maximum atomic E-state index is 12.7. The van der Waals surface area contributed by atoms with Gasteiger partial charge in [-0.2, -0.15) is 0 Å². The van der Waals surface area contributed by atoms with Gasteiger partial charge in [0.1, 0.15) is 5.75 Å². The van der Waals surface area contributed by atoms with E-state index in [9.17, 15) is 20.0 Å². The molecule has 1 aliphatic heterocycles. The van der Waals surface area contributed by atoms with Crippen LogP contribution in [0.3, 0.4) is 0 Å². The first kappa shape index (κ1) is 25.8. The number of nitrogens with one attached hydrogen (secondary N) is 2. The topological polar surface area (TPSA) is 150 Å². The summed E-state index contributed by atoms with van der Waals surface area (Å²) in [5.74, 6) is -0.738. The number of hydrogen-bond acceptors (Lipinski definition) is 8. The third kappa shape index (κ3) is 5.92. The normalized spacial score (nSPS) is 15.8. The molecule has 1 unspecified atom stereocenters.